The first-order chi connectivity index (χ1) is 9.79. The van der Waals surface area contributed by atoms with E-state index in [1.807, 2.05) is 11.3 Å². The van der Waals surface area contributed by atoms with Gasteiger partial charge < -0.3 is 5.32 Å². The van der Waals surface area contributed by atoms with Crippen molar-refractivity contribution in [2.75, 3.05) is 6.54 Å². The molecule has 0 spiro atoms. The monoisotopic (exact) mass is 287 g/mol. The Morgan fingerprint density at radius 1 is 1.15 bits per heavy atom. The van der Waals surface area contributed by atoms with E-state index in [0.29, 0.717) is 6.04 Å². The molecule has 0 radical (unpaired) electrons. The maximum Gasteiger partial charge on any atom is 0.0320 e. The lowest BCUT2D eigenvalue weighted by atomic mass is 9.99. The highest BCUT2D eigenvalue weighted by atomic mass is 32.1. The van der Waals surface area contributed by atoms with Crippen LogP contribution in [0.2, 0.25) is 0 Å². The first kappa shape index (κ1) is 15.3. The summed E-state index contributed by atoms with van der Waals surface area (Å²) in [5.74, 6) is 0. The summed E-state index contributed by atoms with van der Waals surface area (Å²) in [5, 5.41) is 5.86. The van der Waals surface area contributed by atoms with Crippen molar-refractivity contribution in [3.8, 4) is 0 Å². The SMILES string of the molecule is CCCNC(CCCc1cccs1)c1ccc(C)cc1. The lowest BCUT2D eigenvalue weighted by Crippen LogP contribution is -2.22. The van der Waals surface area contributed by atoms with Gasteiger partial charge >= 0.3 is 0 Å². The summed E-state index contributed by atoms with van der Waals surface area (Å²) >= 11 is 1.87. The molecule has 0 aliphatic carbocycles. The minimum Gasteiger partial charge on any atom is -0.310 e. The van der Waals surface area contributed by atoms with E-state index < -0.39 is 0 Å². The van der Waals surface area contributed by atoms with Crippen molar-refractivity contribution in [2.45, 2.75) is 45.6 Å². The van der Waals surface area contributed by atoms with Crippen LogP contribution in [0.4, 0.5) is 0 Å². The van der Waals surface area contributed by atoms with Gasteiger partial charge in [0.05, 0.1) is 0 Å². The highest BCUT2D eigenvalue weighted by Crippen LogP contribution is 2.21. The van der Waals surface area contributed by atoms with Gasteiger partial charge in [0.1, 0.15) is 0 Å². The molecule has 2 rings (SSSR count). The number of aryl methyl sites for hydroxylation is 2. The summed E-state index contributed by atoms with van der Waals surface area (Å²) in [4.78, 5) is 1.50. The Balaban J connectivity index is 1.90. The Bertz CT molecular complexity index is 473. The van der Waals surface area contributed by atoms with Crippen molar-refractivity contribution in [1.82, 2.24) is 5.32 Å². The molecule has 108 valence electrons. The van der Waals surface area contributed by atoms with Crippen LogP contribution in [0.25, 0.3) is 0 Å². The molecule has 1 heterocycles. The van der Waals surface area contributed by atoms with Crippen molar-refractivity contribution in [2.24, 2.45) is 0 Å². The van der Waals surface area contributed by atoms with Crippen LogP contribution in [0.15, 0.2) is 41.8 Å². The Kier molecular flexibility index (Phi) is 6.28. The maximum atomic E-state index is 3.69. The molecule has 0 aliphatic rings. The molecule has 0 aliphatic heterocycles. The van der Waals surface area contributed by atoms with Crippen molar-refractivity contribution in [1.29, 1.82) is 0 Å². The number of benzene rings is 1. The van der Waals surface area contributed by atoms with Crippen LogP contribution >= 0.6 is 11.3 Å². The van der Waals surface area contributed by atoms with Gasteiger partial charge in [0.15, 0.2) is 0 Å². The molecule has 0 amide bonds. The van der Waals surface area contributed by atoms with Crippen LogP contribution < -0.4 is 5.32 Å². The molecule has 2 aromatic rings. The fraction of sp³-hybridized carbons (Fsp3) is 0.444. The number of hydrogen-bond donors (Lipinski definition) is 1. The van der Waals surface area contributed by atoms with E-state index in [9.17, 15) is 0 Å². The molecule has 1 atom stereocenters. The van der Waals surface area contributed by atoms with Crippen molar-refractivity contribution in [3.05, 3.63) is 57.8 Å². The average Bonchev–Trinajstić information content (AvgIpc) is 2.97. The zero-order valence-corrected chi connectivity index (χ0v) is 13.4. The quantitative estimate of drug-likeness (QED) is 0.710. The molecule has 0 bridgehead atoms. The molecule has 0 saturated heterocycles. The summed E-state index contributed by atoms with van der Waals surface area (Å²) < 4.78 is 0. The summed E-state index contributed by atoms with van der Waals surface area (Å²) in [7, 11) is 0. The molecule has 20 heavy (non-hydrogen) atoms. The van der Waals surface area contributed by atoms with E-state index in [-0.39, 0.29) is 0 Å². The second-order valence-corrected chi connectivity index (χ2v) is 6.42. The van der Waals surface area contributed by atoms with E-state index in [1.54, 1.807) is 0 Å². The summed E-state index contributed by atoms with van der Waals surface area (Å²) in [6.07, 6.45) is 4.85. The van der Waals surface area contributed by atoms with Gasteiger partial charge in [-0.05, 0) is 56.2 Å². The van der Waals surface area contributed by atoms with Gasteiger partial charge in [0, 0.05) is 10.9 Å². The molecule has 1 unspecified atom stereocenters. The van der Waals surface area contributed by atoms with Gasteiger partial charge in [0.2, 0.25) is 0 Å². The first-order valence-electron chi connectivity index (χ1n) is 7.62. The Morgan fingerprint density at radius 3 is 2.60 bits per heavy atom. The smallest absolute Gasteiger partial charge is 0.0320 e. The standard InChI is InChI=1S/C18H25NS/c1-3-13-19-18(16-11-9-15(2)10-12-16)8-4-6-17-7-5-14-20-17/h5,7,9-12,14,18-19H,3-4,6,8,13H2,1-2H3. The summed E-state index contributed by atoms with van der Waals surface area (Å²) in [5.41, 5.74) is 2.76. The predicted molar refractivity (Wildman–Crippen MR) is 89.5 cm³/mol. The van der Waals surface area contributed by atoms with E-state index in [2.05, 4.69) is 60.9 Å². The minimum atomic E-state index is 0.496. The molecule has 0 saturated carbocycles. The lowest BCUT2D eigenvalue weighted by Gasteiger charge is -2.19. The molecule has 1 aromatic carbocycles. The minimum absolute atomic E-state index is 0.496. The van der Waals surface area contributed by atoms with Gasteiger partial charge in [-0.1, -0.05) is 42.8 Å². The van der Waals surface area contributed by atoms with Crippen LogP contribution in [0.1, 0.15) is 48.2 Å². The van der Waals surface area contributed by atoms with Crippen LogP contribution in [-0.2, 0) is 6.42 Å². The summed E-state index contributed by atoms with van der Waals surface area (Å²) in [6.45, 7) is 5.47. The van der Waals surface area contributed by atoms with E-state index in [4.69, 9.17) is 0 Å². The van der Waals surface area contributed by atoms with Crippen molar-refractivity contribution >= 4 is 11.3 Å². The van der Waals surface area contributed by atoms with Crippen molar-refractivity contribution < 1.29 is 0 Å². The number of thiophene rings is 1. The number of nitrogens with one attached hydrogen (secondary N) is 1. The maximum absolute atomic E-state index is 3.69. The highest BCUT2D eigenvalue weighted by Gasteiger charge is 2.10. The molecule has 1 nitrogen and oxygen atoms in total. The zero-order valence-electron chi connectivity index (χ0n) is 12.6. The summed E-state index contributed by atoms with van der Waals surface area (Å²) in [6, 6.07) is 13.9. The normalized spacial score (nSPS) is 12.5. The van der Waals surface area contributed by atoms with E-state index in [1.165, 1.54) is 41.7 Å². The molecule has 0 fully saturated rings. The third kappa shape index (κ3) is 4.77. The lowest BCUT2D eigenvalue weighted by molar-refractivity contribution is 0.485. The molecule has 2 heteroatoms. The van der Waals surface area contributed by atoms with E-state index >= 15 is 0 Å². The van der Waals surface area contributed by atoms with Gasteiger partial charge in [-0.2, -0.15) is 0 Å². The molecular weight excluding hydrogens is 262 g/mol. The third-order valence-electron chi connectivity index (χ3n) is 3.62. The van der Waals surface area contributed by atoms with Gasteiger partial charge in [0.25, 0.3) is 0 Å². The fourth-order valence-electron chi connectivity index (χ4n) is 2.44. The topological polar surface area (TPSA) is 12.0 Å². The highest BCUT2D eigenvalue weighted by molar-refractivity contribution is 7.09. The first-order valence-corrected chi connectivity index (χ1v) is 8.50. The van der Waals surface area contributed by atoms with Crippen molar-refractivity contribution in [3.63, 3.8) is 0 Å². The van der Waals surface area contributed by atoms with Gasteiger partial charge in [-0.15, -0.1) is 11.3 Å². The second-order valence-electron chi connectivity index (χ2n) is 5.39. The fourth-order valence-corrected chi connectivity index (χ4v) is 3.19. The van der Waals surface area contributed by atoms with Crippen LogP contribution in [0.3, 0.4) is 0 Å². The molecule has 1 N–H and O–H groups in total. The Hall–Kier alpha value is -1.12. The Labute approximate surface area is 127 Å². The zero-order chi connectivity index (χ0) is 14.2. The largest absolute Gasteiger partial charge is 0.310 e. The molecular formula is C18H25NS. The van der Waals surface area contributed by atoms with Gasteiger partial charge in [-0.25, -0.2) is 0 Å². The van der Waals surface area contributed by atoms with Crippen LogP contribution in [0, 0.1) is 6.92 Å². The third-order valence-corrected chi connectivity index (χ3v) is 4.55. The van der Waals surface area contributed by atoms with Gasteiger partial charge in [-0.3, -0.25) is 0 Å². The van der Waals surface area contributed by atoms with Crippen LogP contribution in [-0.4, -0.2) is 6.54 Å². The van der Waals surface area contributed by atoms with E-state index in [0.717, 1.165) is 6.54 Å². The number of rotatable bonds is 8. The Morgan fingerprint density at radius 2 is 1.95 bits per heavy atom. The predicted octanol–water partition coefficient (Wildman–Crippen LogP) is 5.12. The molecule has 1 aromatic heterocycles. The second kappa shape index (κ2) is 8.23. The average molecular weight is 287 g/mol. The number of hydrogen-bond acceptors (Lipinski definition) is 2. The van der Waals surface area contributed by atoms with Crippen LogP contribution in [0.5, 0.6) is 0 Å².